The predicted molar refractivity (Wildman–Crippen MR) is 91.8 cm³/mol. The van der Waals surface area contributed by atoms with E-state index in [4.69, 9.17) is 11.6 Å². The van der Waals surface area contributed by atoms with E-state index in [1.165, 1.54) is 4.88 Å². The number of carbonyl (C=O) groups is 1. The minimum atomic E-state index is 0. The van der Waals surface area contributed by atoms with Gasteiger partial charge in [0.05, 0.1) is 4.34 Å². The molecule has 1 saturated heterocycles. The van der Waals surface area contributed by atoms with Gasteiger partial charge in [-0.1, -0.05) is 11.6 Å². The van der Waals surface area contributed by atoms with Gasteiger partial charge in [0.25, 0.3) is 0 Å². The highest BCUT2D eigenvalue weighted by Crippen LogP contribution is 2.22. The summed E-state index contributed by atoms with van der Waals surface area (Å²) < 4.78 is 0.788. The lowest BCUT2D eigenvalue weighted by molar-refractivity contribution is -0.121. The summed E-state index contributed by atoms with van der Waals surface area (Å²) in [5, 5.41) is 6.33. The number of piperazine rings is 1. The summed E-state index contributed by atoms with van der Waals surface area (Å²) in [6.45, 7) is 6.24. The van der Waals surface area contributed by atoms with Gasteiger partial charge in [-0.3, -0.25) is 4.79 Å². The van der Waals surface area contributed by atoms with Gasteiger partial charge in [-0.25, -0.2) is 0 Å². The number of aryl methyl sites for hydroxylation is 1. The van der Waals surface area contributed by atoms with Crippen LogP contribution in [0.25, 0.3) is 0 Å². The maximum absolute atomic E-state index is 11.7. The highest BCUT2D eigenvalue weighted by molar-refractivity contribution is 7.16. The van der Waals surface area contributed by atoms with E-state index in [1.807, 2.05) is 12.1 Å². The number of halogens is 2. The van der Waals surface area contributed by atoms with E-state index < -0.39 is 0 Å². The van der Waals surface area contributed by atoms with Crippen molar-refractivity contribution in [3.05, 3.63) is 21.3 Å². The van der Waals surface area contributed by atoms with Gasteiger partial charge in [-0.05, 0) is 31.5 Å². The SMILES string of the molecule is Cl.O=C(CCc1ccc(Cl)s1)NCCCN1CCNCC1. The molecule has 0 atom stereocenters. The fourth-order valence-corrected chi connectivity index (χ4v) is 3.36. The van der Waals surface area contributed by atoms with Crippen molar-refractivity contribution >= 4 is 41.3 Å². The number of hydrogen-bond acceptors (Lipinski definition) is 4. The van der Waals surface area contributed by atoms with Crippen molar-refractivity contribution in [3.63, 3.8) is 0 Å². The number of nitrogens with zero attached hydrogens (tertiary/aromatic N) is 1. The van der Waals surface area contributed by atoms with E-state index in [2.05, 4.69) is 15.5 Å². The molecule has 0 spiro atoms. The highest BCUT2D eigenvalue weighted by Gasteiger charge is 2.09. The van der Waals surface area contributed by atoms with Crippen LogP contribution in [0.3, 0.4) is 0 Å². The molecule has 0 radical (unpaired) electrons. The molecule has 0 unspecified atom stereocenters. The maximum Gasteiger partial charge on any atom is 0.220 e. The molecule has 0 aromatic carbocycles. The van der Waals surface area contributed by atoms with Crippen LogP contribution in [-0.2, 0) is 11.2 Å². The first kappa shape index (κ1) is 18.7. The fourth-order valence-electron chi connectivity index (χ4n) is 2.28. The molecular weight excluding hydrogens is 329 g/mol. The smallest absolute Gasteiger partial charge is 0.220 e. The molecule has 0 aliphatic carbocycles. The normalized spacial score (nSPS) is 15.5. The predicted octanol–water partition coefficient (Wildman–Crippen LogP) is 2.17. The van der Waals surface area contributed by atoms with Gasteiger partial charge in [0.1, 0.15) is 0 Å². The van der Waals surface area contributed by atoms with Gasteiger partial charge < -0.3 is 15.5 Å². The van der Waals surface area contributed by atoms with Gasteiger partial charge in [-0.15, -0.1) is 23.7 Å². The lowest BCUT2D eigenvalue weighted by Crippen LogP contribution is -2.44. The lowest BCUT2D eigenvalue weighted by Gasteiger charge is -2.27. The first-order valence-electron chi connectivity index (χ1n) is 7.18. The van der Waals surface area contributed by atoms with Crippen LogP contribution in [0.15, 0.2) is 12.1 Å². The Hall–Kier alpha value is -0.330. The molecule has 0 saturated carbocycles. The van der Waals surface area contributed by atoms with E-state index in [1.54, 1.807) is 11.3 Å². The summed E-state index contributed by atoms with van der Waals surface area (Å²) >= 11 is 7.41. The summed E-state index contributed by atoms with van der Waals surface area (Å²) in [7, 11) is 0. The molecule has 1 amide bonds. The first-order valence-corrected chi connectivity index (χ1v) is 8.37. The third-order valence-corrected chi connectivity index (χ3v) is 4.70. The van der Waals surface area contributed by atoms with Gasteiger partial charge in [0.2, 0.25) is 5.91 Å². The molecular formula is C14H23Cl2N3OS. The summed E-state index contributed by atoms with van der Waals surface area (Å²) in [5.74, 6) is 0.134. The van der Waals surface area contributed by atoms with Crippen molar-refractivity contribution in [2.24, 2.45) is 0 Å². The number of nitrogens with one attached hydrogen (secondary N) is 2. The quantitative estimate of drug-likeness (QED) is 0.740. The average Bonchev–Trinajstić information content (AvgIpc) is 2.88. The van der Waals surface area contributed by atoms with Crippen LogP contribution in [0, 0.1) is 0 Å². The van der Waals surface area contributed by atoms with Crippen LogP contribution in [0.2, 0.25) is 4.34 Å². The Bertz CT molecular complexity index is 422. The van der Waals surface area contributed by atoms with E-state index in [0.717, 1.165) is 56.4 Å². The van der Waals surface area contributed by atoms with Gasteiger partial charge in [-0.2, -0.15) is 0 Å². The van der Waals surface area contributed by atoms with Crippen molar-refractivity contribution in [2.45, 2.75) is 19.3 Å². The minimum absolute atomic E-state index is 0. The van der Waals surface area contributed by atoms with Crippen LogP contribution in [0.5, 0.6) is 0 Å². The molecule has 7 heteroatoms. The third kappa shape index (κ3) is 7.47. The highest BCUT2D eigenvalue weighted by atomic mass is 35.5. The standard InChI is InChI=1S/C14H22ClN3OS.ClH/c15-13-4-2-12(20-13)3-5-14(19)17-6-1-9-18-10-7-16-8-11-18;/h2,4,16H,1,3,5-11H2,(H,17,19);1H. The zero-order chi connectivity index (χ0) is 14.2. The molecule has 1 aliphatic heterocycles. The van der Waals surface area contributed by atoms with Crippen LogP contribution < -0.4 is 10.6 Å². The molecule has 1 aromatic heterocycles. The summed E-state index contributed by atoms with van der Waals surface area (Å²) in [4.78, 5) is 15.3. The van der Waals surface area contributed by atoms with Crippen LogP contribution >= 0.6 is 35.3 Å². The number of amides is 1. The van der Waals surface area contributed by atoms with Crippen molar-refractivity contribution in [3.8, 4) is 0 Å². The average molecular weight is 352 g/mol. The second-order valence-electron chi connectivity index (χ2n) is 5.00. The molecule has 4 nitrogen and oxygen atoms in total. The van der Waals surface area contributed by atoms with Crippen molar-refractivity contribution < 1.29 is 4.79 Å². The van der Waals surface area contributed by atoms with Crippen LogP contribution in [0.4, 0.5) is 0 Å². The molecule has 2 heterocycles. The maximum atomic E-state index is 11.7. The minimum Gasteiger partial charge on any atom is -0.356 e. The second kappa shape index (κ2) is 10.4. The second-order valence-corrected chi connectivity index (χ2v) is 6.80. The number of rotatable bonds is 7. The van der Waals surface area contributed by atoms with E-state index in [-0.39, 0.29) is 18.3 Å². The monoisotopic (exact) mass is 351 g/mol. The van der Waals surface area contributed by atoms with E-state index in [0.29, 0.717) is 6.42 Å². The largest absolute Gasteiger partial charge is 0.356 e. The Morgan fingerprint density at radius 3 is 2.81 bits per heavy atom. The van der Waals surface area contributed by atoms with Crippen LogP contribution in [-0.4, -0.2) is 50.1 Å². The van der Waals surface area contributed by atoms with Gasteiger partial charge >= 0.3 is 0 Å². The molecule has 21 heavy (non-hydrogen) atoms. The Morgan fingerprint density at radius 2 is 2.14 bits per heavy atom. The van der Waals surface area contributed by atoms with Gasteiger partial charge in [0, 0.05) is 44.0 Å². The van der Waals surface area contributed by atoms with Crippen molar-refractivity contribution in [1.29, 1.82) is 0 Å². The zero-order valence-electron chi connectivity index (χ0n) is 12.1. The zero-order valence-corrected chi connectivity index (χ0v) is 14.5. The number of carbonyl (C=O) groups excluding carboxylic acids is 1. The third-order valence-electron chi connectivity index (χ3n) is 3.41. The fraction of sp³-hybridized carbons (Fsp3) is 0.643. The number of thiophene rings is 1. The Kier molecular flexibility index (Phi) is 9.27. The topological polar surface area (TPSA) is 44.4 Å². The molecule has 2 N–H and O–H groups in total. The Balaban J connectivity index is 0.00000220. The van der Waals surface area contributed by atoms with E-state index in [9.17, 15) is 4.79 Å². The first-order chi connectivity index (χ1) is 9.74. The molecule has 2 rings (SSSR count). The van der Waals surface area contributed by atoms with Crippen molar-refractivity contribution in [2.75, 3.05) is 39.3 Å². The molecule has 1 fully saturated rings. The Labute approximate surface area is 141 Å². The number of hydrogen-bond donors (Lipinski definition) is 2. The summed E-state index contributed by atoms with van der Waals surface area (Å²) in [6, 6.07) is 3.87. The lowest BCUT2D eigenvalue weighted by atomic mass is 10.2. The Morgan fingerprint density at radius 1 is 1.38 bits per heavy atom. The van der Waals surface area contributed by atoms with Crippen molar-refractivity contribution in [1.82, 2.24) is 15.5 Å². The van der Waals surface area contributed by atoms with Crippen LogP contribution in [0.1, 0.15) is 17.7 Å². The molecule has 1 aliphatic rings. The molecule has 1 aromatic rings. The molecule has 120 valence electrons. The summed E-state index contributed by atoms with van der Waals surface area (Å²) in [5.41, 5.74) is 0. The summed E-state index contributed by atoms with van der Waals surface area (Å²) in [6.07, 6.45) is 2.35. The molecule has 0 bridgehead atoms. The van der Waals surface area contributed by atoms with E-state index >= 15 is 0 Å². The van der Waals surface area contributed by atoms with Gasteiger partial charge in [0.15, 0.2) is 0 Å².